The van der Waals surface area contributed by atoms with Gasteiger partial charge in [-0.3, -0.25) is 4.79 Å². The van der Waals surface area contributed by atoms with Crippen molar-refractivity contribution in [2.75, 3.05) is 19.0 Å². The van der Waals surface area contributed by atoms with E-state index in [4.69, 9.17) is 4.74 Å². The molecule has 0 fully saturated rings. The smallest absolute Gasteiger partial charge is 0.224 e. The van der Waals surface area contributed by atoms with E-state index in [1.807, 2.05) is 31.2 Å². The molecule has 1 N–H and O–H groups in total. The van der Waals surface area contributed by atoms with Gasteiger partial charge in [0.2, 0.25) is 5.91 Å². The summed E-state index contributed by atoms with van der Waals surface area (Å²) in [6.45, 7) is 2.51. The van der Waals surface area contributed by atoms with Gasteiger partial charge in [0, 0.05) is 19.2 Å². The molecule has 0 aromatic heterocycles. The molecule has 0 aliphatic rings. The Hall–Kier alpha value is -1.35. The van der Waals surface area contributed by atoms with Gasteiger partial charge in [0.25, 0.3) is 0 Å². The van der Waals surface area contributed by atoms with E-state index in [9.17, 15) is 4.79 Å². The summed E-state index contributed by atoms with van der Waals surface area (Å²) >= 11 is 0. The number of benzene rings is 1. The summed E-state index contributed by atoms with van der Waals surface area (Å²) in [7, 11) is 1.67. The van der Waals surface area contributed by atoms with Gasteiger partial charge in [-0.2, -0.15) is 0 Å². The maximum Gasteiger partial charge on any atom is 0.224 e. The van der Waals surface area contributed by atoms with Gasteiger partial charge in [-0.05, 0) is 18.1 Å². The van der Waals surface area contributed by atoms with E-state index < -0.39 is 0 Å². The number of methoxy groups -OCH3 is 1. The highest BCUT2D eigenvalue weighted by atomic mass is 16.5. The number of carbonyl (C=O) groups is 1. The first-order valence-corrected chi connectivity index (χ1v) is 5.14. The lowest BCUT2D eigenvalue weighted by Gasteiger charge is -2.09. The number of carbonyl (C=O) groups excluding carboxylic acids is 1. The van der Waals surface area contributed by atoms with Gasteiger partial charge in [0.15, 0.2) is 0 Å². The zero-order valence-electron chi connectivity index (χ0n) is 9.25. The van der Waals surface area contributed by atoms with E-state index >= 15 is 0 Å². The normalized spacial score (nSPS) is 10.0. The summed E-state index contributed by atoms with van der Waals surface area (Å²) in [5.74, 6) is 0.0415. The monoisotopic (exact) mass is 207 g/mol. The fourth-order valence-electron chi connectivity index (χ4n) is 1.31. The number of hydrogen-bond acceptors (Lipinski definition) is 2. The molecule has 1 aromatic carbocycles. The molecule has 3 nitrogen and oxygen atoms in total. The molecular formula is C12H17NO2. The largest absolute Gasteiger partial charge is 0.384 e. The minimum atomic E-state index is 0.0415. The number of rotatable bonds is 5. The highest BCUT2D eigenvalue weighted by molar-refractivity contribution is 5.91. The van der Waals surface area contributed by atoms with Gasteiger partial charge in [-0.15, -0.1) is 0 Å². The first-order valence-electron chi connectivity index (χ1n) is 5.14. The lowest BCUT2D eigenvalue weighted by Crippen LogP contribution is -2.11. The molecule has 0 aliphatic carbocycles. The molecule has 15 heavy (non-hydrogen) atoms. The van der Waals surface area contributed by atoms with Gasteiger partial charge in [-0.1, -0.05) is 25.1 Å². The number of ether oxygens (including phenoxy) is 1. The quantitative estimate of drug-likeness (QED) is 0.804. The molecule has 1 aromatic rings. The maximum atomic E-state index is 11.3. The average molecular weight is 207 g/mol. The second kappa shape index (κ2) is 6.19. The maximum absolute atomic E-state index is 11.3. The van der Waals surface area contributed by atoms with Gasteiger partial charge in [0.1, 0.15) is 0 Å². The van der Waals surface area contributed by atoms with Crippen LogP contribution in [0.15, 0.2) is 24.3 Å². The van der Waals surface area contributed by atoms with Crippen molar-refractivity contribution < 1.29 is 9.53 Å². The van der Waals surface area contributed by atoms with Crippen LogP contribution in [0.25, 0.3) is 0 Å². The molecule has 0 heterocycles. The summed E-state index contributed by atoms with van der Waals surface area (Å²) in [4.78, 5) is 11.3. The minimum absolute atomic E-state index is 0.0415. The van der Waals surface area contributed by atoms with Crippen LogP contribution in [-0.4, -0.2) is 19.6 Å². The fourth-order valence-corrected chi connectivity index (χ4v) is 1.31. The molecule has 0 atom stereocenters. The lowest BCUT2D eigenvalue weighted by atomic mass is 10.1. The van der Waals surface area contributed by atoms with Crippen LogP contribution in [0.2, 0.25) is 0 Å². The van der Waals surface area contributed by atoms with E-state index in [2.05, 4.69) is 5.32 Å². The third-order valence-corrected chi connectivity index (χ3v) is 2.19. The number of amides is 1. The van der Waals surface area contributed by atoms with Crippen LogP contribution in [0.4, 0.5) is 5.69 Å². The van der Waals surface area contributed by atoms with Crippen molar-refractivity contribution in [3.8, 4) is 0 Å². The summed E-state index contributed by atoms with van der Waals surface area (Å²) in [5.41, 5.74) is 2.00. The highest BCUT2D eigenvalue weighted by Crippen LogP contribution is 2.15. The zero-order valence-corrected chi connectivity index (χ0v) is 9.25. The Morgan fingerprint density at radius 2 is 2.13 bits per heavy atom. The Morgan fingerprint density at radius 1 is 1.40 bits per heavy atom. The van der Waals surface area contributed by atoms with E-state index in [0.717, 1.165) is 17.7 Å². The third-order valence-electron chi connectivity index (χ3n) is 2.19. The summed E-state index contributed by atoms with van der Waals surface area (Å²) < 4.78 is 5.02. The summed E-state index contributed by atoms with van der Waals surface area (Å²) in [6.07, 6.45) is 1.31. The van der Waals surface area contributed by atoms with E-state index in [0.29, 0.717) is 13.0 Å². The Balaban J connectivity index is 2.72. The highest BCUT2D eigenvalue weighted by Gasteiger charge is 2.03. The Kier molecular flexibility index (Phi) is 4.84. The van der Waals surface area contributed by atoms with Crippen LogP contribution in [-0.2, 0) is 16.0 Å². The molecule has 1 amide bonds. The fraction of sp³-hybridized carbons (Fsp3) is 0.417. The standard InChI is InChI=1S/C12H17NO2/c1-3-12(14)13-11-7-5-4-6-10(11)8-9-15-2/h4-7H,3,8-9H2,1-2H3,(H,13,14). The molecule has 0 unspecified atom stereocenters. The average Bonchev–Trinajstić information content (AvgIpc) is 2.28. The van der Waals surface area contributed by atoms with Crippen molar-refractivity contribution in [1.29, 1.82) is 0 Å². The van der Waals surface area contributed by atoms with Crippen molar-refractivity contribution >= 4 is 11.6 Å². The molecule has 0 saturated heterocycles. The number of nitrogens with one attached hydrogen (secondary N) is 1. The predicted molar refractivity (Wildman–Crippen MR) is 60.9 cm³/mol. The molecule has 0 radical (unpaired) electrons. The van der Waals surface area contributed by atoms with Crippen molar-refractivity contribution in [3.05, 3.63) is 29.8 Å². The van der Waals surface area contributed by atoms with Crippen LogP contribution < -0.4 is 5.32 Å². The van der Waals surface area contributed by atoms with Crippen molar-refractivity contribution in [1.82, 2.24) is 0 Å². The minimum Gasteiger partial charge on any atom is -0.384 e. The van der Waals surface area contributed by atoms with E-state index in [1.165, 1.54) is 0 Å². The van der Waals surface area contributed by atoms with Crippen LogP contribution in [0.3, 0.4) is 0 Å². The molecule has 0 bridgehead atoms. The molecule has 82 valence electrons. The van der Waals surface area contributed by atoms with Gasteiger partial charge in [0.05, 0.1) is 6.61 Å². The molecule has 1 rings (SSSR count). The van der Waals surface area contributed by atoms with Gasteiger partial charge in [-0.25, -0.2) is 0 Å². The number of para-hydroxylation sites is 1. The van der Waals surface area contributed by atoms with Crippen molar-refractivity contribution in [2.24, 2.45) is 0 Å². The van der Waals surface area contributed by atoms with Crippen LogP contribution in [0, 0.1) is 0 Å². The summed E-state index contributed by atoms with van der Waals surface area (Å²) in [6, 6.07) is 7.80. The molecule has 3 heteroatoms. The number of hydrogen-bond donors (Lipinski definition) is 1. The topological polar surface area (TPSA) is 38.3 Å². The molecule has 0 saturated carbocycles. The SMILES string of the molecule is CCC(=O)Nc1ccccc1CCOC. The zero-order chi connectivity index (χ0) is 11.1. The van der Waals surface area contributed by atoms with Gasteiger partial charge < -0.3 is 10.1 Å². The van der Waals surface area contributed by atoms with Crippen molar-refractivity contribution in [3.63, 3.8) is 0 Å². The van der Waals surface area contributed by atoms with Crippen LogP contribution >= 0.6 is 0 Å². The van der Waals surface area contributed by atoms with Crippen LogP contribution in [0.1, 0.15) is 18.9 Å². The second-order valence-electron chi connectivity index (χ2n) is 3.30. The first kappa shape index (κ1) is 11.7. The predicted octanol–water partition coefficient (Wildman–Crippen LogP) is 2.22. The summed E-state index contributed by atoms with van der Waals surface area (Å²) in [5, 5.41) is 2.87. The Labute approximate surface area is 90.4 Å². The molecular weight excluding hydrogens is 190 g/mol. The lowest BCUT2D eigenvalue weighted by molar-refractivity contribution is -0.115. The molecule has 0 spiro atoms. The van der Waals surface area contributed by atoms with E-state index in [-0.39, 0.29) is 5.91 Å². The Bertz CT molecular complexity index is 323. The first-order chi connectivity index (χ1) is 7.27. The van der Waals surface area contributed by atoms with Crippen LogP contribution in [0.5, 0.6) is 0 Å². The van der Waals surface area contributed by atoms with E-state index in [1.54, 1.807) is 7.11 Å². The molecule has 0 aliphatic heterocycles. The van der Waals surface area contributed by atoms with Crippen molar-refractivity contribution in [2.45, 2.75) is 19.8 Å². The second-order valence-corrected chi connectivity index (χ2v) is 3.30. The third kappa shape index (κ3) is 3.72. The Morgan fingerprint density at radius 3 is 2.80 bits per heavy atom. The number of anilines is 1. The van der Waals surface area contributed by atoms with Gasteiger partial charge >= 0.3 is 0 Å².